The Morgan fingerprint density at radius 2 is 1.61 bits per heavy atom. The molecule has 2 bridgehead atoms. The number of rotatable bonds is 12. The molecule has 16 nitrogen and oxygen atoms in total. The number of benzene rings is 2. The van der Waals surface area contributed by atoms with Crippen LogP contribution in [-0.4, -0.2) is 139 Å². The van der Waals surface area contributed by atoms with Crippen LogP contribution in [0.3, 0.4) is 0 Å². The largest absolute Gasteiger partial charge is 0.456 e. The first kappa shape index (κ1) is 49.2. The quantitative estimate of drug-likeness (QED) is 0.147. The van der Waals surface area contributed by atoms with Crippen LogP contribution in [-0.2, 0) is 47.5 Å². The molecular formula is C50H66N2O14. The Bertz CT molecular complexity index is 2170. The number of carbonyl (C=O) groups is 5. The molecule has 3 aliphatic carbocycles. The molecule has 0 radical (unpaired) electrons. The third-order valence-corrected chi connectivity index (χ3v) is 14.8. The van der Waals surface area contributed by atoms with Crippen molar-refractivity contribution in [2.45, 2.75) is 128 Å². The van der Waals surface area contributed by atoms with Gasteiger partial charge in [0.05, 0.1) is 48.9 Å². The number of hydrogen-bond acceptors (Lipinski definition) is 15. The fraction of sp³-hybridized carbons (Fsp3) is 0.620. The summed E-state index contributed by atoms with van der Waals surface area (Å²) >= 11 is 0. The van der Waals surface area contributed by atoms with Crippen LogP contribution < -0.4 is 5.32 Å². The molecule has 2 heterocycles. The highest BCUT2D eigenvalue weighted by Gasteiger charge is 2.78. The van der Waals surface area contributed by atoms with Crippen LogP contribution in [0.1, 0.15) is 96.6 Å². The highest BCUT2D eigenvalue weighted by Crippen LogP contribution is 2.65. The summed E-state index contributed by atoms with van der Waals surface area (Å²) in [5.41, 5.74) is -6.11. The Balaban J connectivity index is 1.40. The van der Waals surface area contributed by atoms with Gasteiger partial charge in [-0.15, -0.1) is 0 Å². The first-order valence-electron chi connectivity index (χ1n) is 22.9. The number of amides is 1. The van der Waals surface area contributed by atoms with E-state index in [2.05, 4.69) is 10.2 Å². The summed E-state index contributed by atoms with van der Waals surface area (Å²) < 4.78 is 42.7. The number of methoxy groups -OCH3 is 1. The molecule has 2 aliphatic heterocycles. The lowest BCUT2D eigenvalue weighted by Crippen LogP contribution is -2.81. The van der Waals surface area contributed by atoms with Crippen LogP contribution in [0.25, 0.3) is 0 Å². The average molecular weight is 919 g/mol. The standard InChI is InChI=1S/C50H66N2O14/c1-29-34(63-44(57)39(54)38(31-16-12-10-13-17-31)51-45(58)66-46(3,4)5)27-50(59)42(64-43(56)32-18-14-11-15-19-32)40-48(8,35(60-9)26-36-49(40,28-62-36)65-30(2)53)41(55)33(37(29)47(50,6)7)20-21-52-22-24-61-25-23-52/h10-19,33-36,38-40,42,54,59H,20-28H2,1-9H3,(H,51,58)/t33-,34+,35+,36?,38+,39-,40+,42+,48-,49+,50-/m1/s1. The van der Waals surface area contributed by atoms with Gasteiger partial charge < -0.3 is 48.7 Å². The lowest BCUT2D eigenvalue weighted by molar-refractivity contribution is -0.347. The second kappa shape index (κ2) is 18.8. The third kappa shape index (κ3) is 8.92. The molecule has 2 aromatic carbocycles. The summed E-state index contributed by atoms with van der Waals surface area (Å²) in [5.74, 6) is -5.09. The maximum atomic E-state index is 16.3. The number of nitrogens with one attached hydrogen (secondary N) is 1. The maximum Gasteiger partial charge on any atom is 0.408 e. The molecule has 7 rings (SSSR count). The minimum atomic E-state index is -2.18. The van der Waals surface area contributed by atoms with Gasteiger partial charge in [0.1, 0.15) is 35.3 Å². The Labute approximate surface area is 386 Å². The van der Waals surface area contributed by atoms with Gasteiger partial charge in [0, 0.05) is 51.3 Å². The van der Waals surface area contributed by atoms with E-state index < -0.39 is 100 Å². The molecule has 0 spiro atoms. The van der Waals surface area contributed by atoms with Gasteiger partial charge in [0.2, 0.25) is 0 Å². The fourth-order valence-corrected chi connectivity index (χ4v) is 11.5. The molecule has 0 aromatic heterocycles. The number of esters is 3. The number of fused-ring (bicyclic) bond motifs is 5. The number of aliphatic hydroxyl groups is 2. The van der Waals surface area contributed by atoms with E-state index in [-0.39, 0.29) is 37.2 Å². The van der Waals surface area contributed by atoms with E-state index >= 15 is 4.79 Å². The van der Waals surface area contributed by atoms with Gasteiger partial charge in [-0.05, 0) is 76.4 Å². The van der Waals surface area contributed by atoms with Crippen molar-refractivity contribution in [2.24, 2.45) is 22.7 Å². The monoisotopic (exact) mass is 918 g/mol. The Kier molecular flexibility index (Phi) is 14.0. The highest BCUT2D eigenvalue weighted by molar-refractivity contribution is 5.93. The molecule has 1 unspecified atom stereocenters. The molecule has 360 valence electrons. The van der Waals surface area contributed by atoms with Crippen molar-refractivity contribution in [1.29, 1.82) is 0 Å². The predicted octanol–water partition coefficient (Wildman–Crippen LogP) is 4.89. The summed E-state index contributed by atoms with van der Waals surface area (Å²) in [5, 5.41) is 28.6. The van der Waals surface area contributed by atoms with Gasteiger partial charge in [-0.3, -0.25) is 14.5 Å². The molecule has 4 fully saturated rings. The van der Waals surface area contributed by atoms with Gasteiger partial charge in [0.15, 0.2) is 11.7 Å². The van der Waals surface area contributed by atoms with Gasteiger partial charge in [-0.25, -0.2) is 14.4 Å². The van der Waals surface area contributed by atoms with Gasteiger partial charge >= 0.3 is 24.0 Å². The van der Waals surface area contributed by atoms with Crippen LogP contribution in [0.15, 0.2) is 71.8 Å². The summed E-state index contributed by atoms with van der Waals surface area (Å²) in [6, 6.07) is 15.3. The topological polar surface area (TPSA) is 206 Å². The lowest BCUT2D eigenvalue weighted by atomic mass is 9.43. The smallest absolute Gasteiger partial charge is 0.408 e. The molecule has 66 heavy (non-hydrogen) atoms. The van der Waals surface area contributed by atoms with E-state index in [4.69, 9.17) is 33.2 Å². The zero-order chi connectivity index (χ0) is 48.0. The van der Waals surface area contributed by atoms with Gasteiger partial charge in [0.25, 0.3) is 0 Å². The number of hydrogen-bond donors (Lipinski definition) is 3. The Morgan fingerprint density at radius 3 is 2.18 bits per heavy atom. The molecule has 2 aromatic rings. The predicted molar refractivity (Wildman–Crippen MR) is 238 cm³/mol. The summed E-state index contributed by atoms with van der Waals surface area (Å²) in [4.78, 5) is 73.9. The van der Waals surface area contributed by atoms with E-state index in [1.807, 2.05) is 0 Å². The van der Waals surface area contributed by atoms with Gasteiger partial charge in [-0.2, -0.15) is 0 Å². The van der Waals surface area contributed by atoms with Crippen LogP contribution in [0.5, 0.6) is 0 Å². The Morgan fingerprint density at radius 1 is 0.970 bits per heavy atom. The van der Waals surface area contributed by atoms with Crippen molar-refractivity contribution < 1.29 is 67.3 Å². The molecule has 11 atom stereocenters. The summed E-state index contributed by atoms with van der Waals surface area (Å²) in [6.45, 7) is 16.0. The minimum Gasteiger partial charge on any atom is -0.456 e. The SMILES string of the molecule is CO[C@H]1CC2OC[C@@]2(OC(C)=O)[C@H]2[C@H](OC(=O)c3ccccc3)[C@]3(O)C[C@H](OC(=O)[C@H](O)[C@@H](NC(=O)OC(C)(C)C)c4ccccc4)C(C)=C([C@@H](CCN4CCOCC4)C(=O)[C@]12C)C3(C)C. The second-order valence-corrected chi connectivity index (χ2v) is 20.2. The summed E-state index contributed by atoms with van der Waals surface area (Å²) in [7, 11) is 1.50. The summed E-state index contributed by atoms with van der Waals surface area (Å²) in [6.07, 6.45) is -7.40. The van der Waals surface area contributed by atoms with E-state index in [0.29, 0.717) is 49.6 Å². The lowest BCUT2D eigenvalue weighted by Gasteiger charge is -2.68. The molecule has 1 amide bonds. The second-order valence-electron chi connectivity index (χ2n) is 20.2. The van der Waals surface area contributed by atoms with E-state index in [1.165, 1.54) is 14.0 Å². The van der Waals surface area contributed by atoms with Crippen molar-refractivity contribution in [3.05, 3.63) is 82.9 Å². The molecule has 2 saturated carbocycles. The van der Waals surface area contributed by atoms with E-state index in [1.54, 1.807) is 109 Å². The number of morpholine rings is 1. The fourth-order valence-electron chi connectivity index (χ4n) is 11.5. The minimum absolute atomic E-state index is 0.159. The van der Waals surface area contributed by atoms with Crippen molar-refractivity contribution in [3.63, 3.8) is 0 Å². The van der Waals surface area contributed by atoms with Crippen LogP contribution >= 0.6 is 0 Å². The van der Waals surface area contributed by atoms with Crippen molar-refractivity contribution in [1.82, 2.24) is 10.2 Å². The highest BCUT2D eigenvalue weighted by atomic mass is 16.6. The van der Waals surface area contributed by atoms with Crippen LogP contribution in [0, 0.1) is 22.7 Å². The zero-order valence-electron chi connectivity index (χ0n) is 39.5. The first-order chi connectivity index (χ1) is 31.1. The van der Waals surface area contributed by atoms with Gasteiger partial charge in [-0.1, -0.05) is 62.4 Å². The van der Waals surface area contributed by atoms with Crippen molar-refractivity contribution in [3.8, 4) is 0 Å². The van der Waals surface area contributed by atoms with Crippen molar-refractivity contribution in [2.75, 3.05) is 46.6 Å². The van der Waals surface area contributed by atoms with Crippen molar-refractivity contribution >= 4 is 29.8 Å². The molecule has 2 saturated heterocycles. The average Bonchev–Trinajstić information content (AvgIpc) is 3.26. The van der Waals surface area contributed by atoms with Crippen LogP contribution in [0.2, 0.25) is 0 Å². The Hall–Kier alpha value is -4.71. The number of carbonyl (C=O) groups excluding carboxylic acids is 5. The first-order valence-corrected chi connectivity index (χ1v) is 22.9. The number of ether oxygens (including phenoxy) is 7. The third-order valence-electron chi connectivity index (χ3n) is 14.8. The number of aliphatic hydroxyl groups excluding tert-OH is 1. The molecule has 16 heteroatoms. The number of ketones is 1. The molecular weight excluding hydrogens is 853 g/mol. The zero-order valence-corrected chi connectivity index (χ0v) is 39.5. The molecule has 3 N–H and O–H groups in total. The normalized spacial score (nSPS) is 32.7. The maximum absolute atomic E-state index is 16.3. The molecule has 5 aliphatic rings. The van der Waals surface area contributed by atoms with E-state index in [0.717, 1.165) is 0 Å². The number of nitrogens with zero attached hydrogens (tertiary/aromatic N) is 1. The van der Waals surface area contributed by atoms with E-state index in [9.17, 15) is 29.4 Å². The van der Waals surface area contributed by atoms with Crippen LogP contribution in [0.4, 0.5) is 4.79 Å². The number of alkyl carbamates (subject to hydrolysis) is 1. The number of Topliss-reactive ketones (excluding diaryl/α,β-unsaturated/α-hetero) is 1.